The second kappa shape index (κ2) is 11.0. The fourth-order valence-electron chi connectivity index (χ4n) is 5.36. The van der Waals surface area contributed by atoms with Crippen molar-refractivity contribution in [2.24, 2.45) is 5.92 Å². The topological polar surface area (TPSA) is 135 Å². The third-order valence-corrected chi connectivity index (χ3v) is 7.61. The zero-order valence-corrected chi connectivity index (χ0v) is 22.7. The smallest absolute Gasteiger partial charge is 0.275 e. The zero-order chi connectivity index (χ0) is 28.5. The summed E-state index contributed by atoms with van der Waals surface area (Å²) in [6.45, 7) is 3.82. The predicted octanol–water partition coefficient (Wildman–Crippen LogP) is 4.50. The van der Waals surface area contributed by atoms with Gasteiger partial charge >= 0.3 is 0 Å². The Hall–Kier alpha value is -4.87. The van der Waals surface area contributed by atoms with Crippen LogP contribution in [0.25, 0.3) is 16.6 Å². The molecule has 6 rings (SSSR count). The molecule has 5 aromatic rings. The summed E-state index contributed by atoms with van der Waals surface area (Å²) in [5, 5.41) is 23.5. The molecule has 1 fully saturated rings. The van der Waals surface area contributed by atoms with Crippen LogP contribution in [0.15, 0.2) is 65.8 Å². The molecule has 0 saturated heterocycles. The number of anilines is 2. The second-order valence-electron chi connectivity index (χ2n) is 10.5. The van der Waals surface area contributed by atoms with Crippen molar-refractivity contribution in [2.75, 3.05) is 5.32 Å². The van der Waals surface area contributed by atoms with Gasteiger partial charge in [0.15, 0.2) is 23.3 Å². The van der Waals surface area contributed by atoms with Crippen molar-refractivity contribution in [3.05, 3.63) is 88.5 Å². The number of carbonyl (C=O) groups is 1. The van der Waals surface area contributed by atoms with E-state index in [9.17, 15) is 14.0 Å². The second-order valence-corrected chi connectivity index (χ2v) is 10.5. The fraction of sp³-hybridized carbons (Fsp3) is 0.310. The number of rotatable bonds is 7. The molecule has 12 heteroatoms. The van der Waals surface area contributed by atoms with E-state index in [1.807, 2.05) is 50.2 Å². The molecule has 41 heavy (non-hydrogen) atoms. The van der Waals surface area contributed by atoms with E-state index >= 15 is 0 Å². The Morgan fingerprint density at radius 2 is 1.88 bits per heavy atom. The molecule has 3 N–H and O–H groups in total. The summed E-state index contributed by atoms with van der Waals surface area (Å²) in [5.41, 5.74) is 1.61. The molecule has 1 aliphatic carbocycles. The Kier molecular flexibility index (Phi) is 7.04. The van der Waals surface area contributed by atoms with Gasteiger partial charge < -0.3 is 10.6 Å². The number of benzene rings is 1. The number of hydrogen-bond acceptors (Lipinski definition) is 7. The number of aryl methyl sites for hydroxylation is 1. The van der Waals surface area contributed by atoms with Crippen LogP contribution in [0, 0.1) is 18.7 Å². The van der Waals surface area contributed by atoms with Gasteiger partial charge in [0, 0.05) is 29.3 Å². The van der Waals surface area contributed by atoms with Crippen molar-refractivity contribution in [2.45, 2.75) is 51.6 Å². The van der Waals surface area contributed by atoms with Crippen LogP contribution in [-0.4, -0.2) is 40.6 Å². The van der Waals surface area contributed by atoms with Gasteiger partial charge in [-0.3, -0.25) is 14.7 Å². The van der Waals surface area contributed by atoms with Crippen LogP contribution >= 0.6 is 0 Å². The number of halogens is 1. The molecule has 1 aliphatic rings. The lowest BCUT2D eigenvalue weighted by atomic mass is 9.85. The normalized spacial score (nSPS) is 17.8. The summed E-state index contributed by atoms with van der Waals surface area (Å²) in [7, 11) is 0. The largest absolute Gasteiger partial charge is 0.349 e. The van der Waals surface area contributed by atoms with E-state index in [1.165, 1.54) is 10.9 Å². The fourth-order valence-corrected chi connectivity index (χ4v) is 5.36. The van der Waals surface area contributed by atoms with Crippen molar-refractivity contribution in [1.82, 2.24) is 40.1 Å². The monoisotopic (exact) mass is 555 g/mol. The summed E-state index contributed by atoms with van der Waals surface area (Å²) in [6, 6.07) is 12.5. The molecule has 0 spiro atoms. The molecule has 0 radical (unpaired) electrons. The summed E-state index contributed by atoms with van der Waals surface area (Å²) in [5.74, 6) is 1.06. The quantitative estimate of drug-likeness (QED) is 0.269. The van der Waals surface area contributed by atoms with Gasteiger partial charge in [0.2, 0.25) is 5.91 Å². The van der Waals surface area contributed by atoms with Gasteiger partial charge in [0.25, 0.3) is 5.56 Å². The third kappa shape index (κ3) is 5.45. The maximum absolute atomic E-state index is 13.4. The number of aromatic amines is 1. The summed E-state index contributed by atoms with van der Waals surface area (Å²) in [4.78, 5) is 30.9. The molecular weight excluding hydrogens is 525 g/mol. The summed E-state index contributed by atoms with van der Waals surface area (Å²) in [6.07, 6.45) is 6.65. The predicted molar refractivity (Wildman–Crippen MR) is 151 cm³/mol. The van der Waals surface area contributed by atoms with Gasteiger partial charge in [-0.2, -0.15) is 15.3 Å². The number of pyridine rings is 1. The molecule has 0 aliphatic heterocycles. The number of carbonyl (C=O) groups excluding carboxylic acids is 1. The van der Waals surface area contributed by atoms with E-state index in [1.54, 1.807) is 16.9 Å². The van der Waals surface area contributed by atoms with Crippen LogP contribution in [0.5, 0.6) is 0 Å². The highest BCUT2D eigenvalue weighted by molar-refractivity contribution is 5.92. The lowest BCUT2D eigenvalue weighted by Gasteiger charge is -2.29. The van der Waals surface area contributed by atoms with Crippen molar-refractivity contribution in [3.63, 3.8) is 0 Å². The van der Waals surface area contributed by atoms with E-state index in [0.717, 1.165) is 22.8 Å². The van der Waals surface area contributed by atoms with Gasteiger partial charge in [-0.1, -0.05) is 24.3 Å². The van der Waals surface area contributed by atoms with Gasteiger partial charge in [-0.15, -0.1) is 0 Å². The number of hydrogen-bond donors (Lipinski definition) is 3. The molecule has 4 aromatic heterocycles. The highest BCUT2D eigenvalue weighted by Crippen LogP contribution is 2.33. The third-order valence-electron chi connectivity index (χ3n) is 7.61. The van der Waals surface area contributed by atoms with Crippen LogP contribution in [0.3, 0.4) is 0 Å². The minimum atomic E-state index is -0.436. The van der Waals surface area contributed by atoms with E-state index in [-0.39, 0.29) is 29.5 Å². The first-order valence-corrected chi connectivity index (χ1v) is 13.6. The van der Waals surface area contributed by atoms with Crippen LogP contribution in [-0.2, 0) is 4.79 Å². The standard InChI is InChI=1S/C29H30FN9O2/c1-17-13-25(36-35-17)34-27-23-5-3-4-6-24(23)29(41)39(37-27)22-10-7-19(8-11-22)28(40)33-18(2)20-9-12-26(31-14-20)38-16-21(30)15-32-38/h3-6,9,12-16,18-19,22H,7-8,10-11H2,1-2H3,(H,33,40)(H2,34,35,36,37)/t18-,19?,22?/m0/s1. The van der Waals surface area contributed by atoms with E-state index in [2.05, 4.69) is 30.9 Å². The molecule has 0 bridgehead atoms. The molecule has 4 heterocycles. The van der Waals surface area contributed by atoms with Crippen molar-refractivity contribution < 1.29 is 9.18 Å². The van der Waals surface area contributed by atoms with Crippen LogP contribution in [0.1, 0.15) is 55.9 Å². The Morgan fingerprint density at radius 3 is 2.54 bits per heavy atom. The molecule has 1 saturated carbocycles. The zero-order valence-electron chi connectivity index (χ0n) is 22.7. The first kappa shape index (κ1) is 26.4. The number of fused-ring (bicyclic) bond motifs is 1. The van der Waals surface area contributed by atoms with Crippen molar-refractivity contribution >= 4 is 28.3 Å². The Labute approximate surface area is 234 Å². The molecule has 1 amide bonds. The van der Waals surface area contributed by atoms with Gasteiger partial charge in [0.05, 0.1) is 29.9 Å². The molecule has 1 aromatic carbocycles. The number of amides is 1. The Bertz CT molecular complexity index is 1750. The Morgan fingerprint density at radius 1 is 1.10 bits per heavy atom. The summed E-state index contributed by atoms with van der Waals surface area (Å²) < 4.78 is 16.2. The van der Waals surface area contributed by atoms with E-state index in [4.69, 9.17) is 5.10 Å². The number of aromatic nitrogens is 7. The number of H-pyrrole nitrogens is 1. The highest BCUT2D eigenvalue weighted by atomic mass is 19.1. The summed E-state index contributed by atoms with van der Waals surface area (Å²) >= 11 is 0. The average molecular weight is 556 g/mol. The van der Waals surface area contributed by atoms with Gasteiger partial charge in [0.1, 0.15) is 0 Å². The van der Waals surface area contributed by atoms with Crippen LogP contribution < -0.4 is 16.2 Å². The van der Waals surface area contributed by atoms with Crippen molar-refractivity contribution in [3.8, 4) is 5.82 Å². The molecule has 1 atom stereocenters. The number of nitrogens with one attached hydrogen (secondary N) is 3. The van der Waals surface area contributed by atoms with Crippen LogP contribution in [0.4, 0.5) is 16.0 Å². The maximum atomic E-state index is 13.4. The molecule has 210 valence electrons. The molecular formula is C29H30FN9O2. The molecule has 0 unspecified atom stereocenters. The Balaban J connectivity index is 1.12. The first-order chi connectivity index (χ1) is 19.9. The lowest BCUT2D eigenvalue weighted by molar-refractivity contribution is -0.126. The van der Waals surface area contributed by atoms with Gasteiger partial charge in [-0.05, 0) is 57.2 Å². The van der Waals surface area contributed by atoms with E-state index < -0.39 is 5.82 Å². The van der Waals surface area contributed by atoms with E-state index in [0.29, 0.717) is 48.5 Å². The van der Waals surface area contributed by atoms with Gasteiger partial charge in [-0.25, -0.2) is 18.7 Å². The van der Waals surface area contributed by atoms with Crippen molar-refractivity contribution in [1.29, 1.82) is 0 Å². The average Bonchev–Trinajstić information content (AvgIpc) is 3.62. The lowest BCUT2D eigenvalue weighted by Crippen LogP contribution is -2.37. The SMILES string of the molecule is Cc1cc(Nc2nn(C3CCC(C(=O)N[C@@H](C)c4ccc(-n5cc(F)cn5)nc4)CC3)c(=O)c3ccccc23)n[nH]1. The highest BCUT2D eigenvalue weighted by Gasteiger charge is 2.29. The maximum Gasteiger partial charge on any atom is 0.275 e. The first-order valence-electron chi connectivity index (χ1n) is 13.6. The van der Waals surface area contributed by atoms with Crippen LogP contribution in [0.2, 0.25) is 0 Å². The molecule has 11 nitrogen and oxygen atoms in total. The number of nitrogens with zero attached hydrogens (tertiary/aromatic N) is 6. The minimum Gasteiger partial charge on any atom is -0.349 e. The minimum absolute atomic E-state index is 0.0238.